The molecule has 4 rings (SSSR count). The molecule has 2 amide bonds. The SMILES string of the molecule is CC(C)C(CNC(=O)OCC1c2ccccc2-c2ccccc21)C(=O)N1CCSC(C(=O)O)C1. The Morgan fingerprint density at radius 3 is 2.29 bits per heavy atom. The molecule has 1 heterocycles. The summed E-state index contributed by atoms with van der Waals surface area (Å²) in [4.78, 5) is 38.6. The lowest BCUT2D eigenvalue weighted by Gasteiger charge is -2.34. The number of nitrogens with zero attached hydrogens (tertiary/aromatic N) is 1. The van der Waals surface area contributed by atoms with Crippen molar-refractivity contribution in [3.63, 3.8) is 0 Å². The van der Waals surface area contributed by atoms with Gasteiger partial charge in [-0.2, -0.15) is 0 Å². The molecule has 0 saturated carbocycles. The predicted octanol–water partition coefficient (Wildman–Crippen LogP) is 3.83. The van der Waals surface area contributed by atoms with E-state index in [1.807, 2.05) is 38.1 Å². The van der Waals surface area contributed by atoms with Crippen LogP contribution in [0.1, 0.15) is 30.9 Å². The van der Waals surface area contributed by atoms with E-state index >= 15 is 0 Å². The van der Waals surface area contributed by atoms with Crippen molar-refractivity contribution in [2.24, 2.45) is 11.8 Å². The lowest BCUT2D eigenvalue weighted by molar-refractivity contribution is -0.140. The van der Waals surface area contributed by atoms with Gasteiger partial charge in [-0.15, -0.1) is 11.8 Å². The molecule has 1 aliphatic heterocycles. The summed E-state index contributed by atoms with van der Waals surface area (Å²) < 4.78 is 5.59. The van der Waals surface area contributed by atoms with Crippen LogP contribution in [-0.2, 0) is 14.3 Å². The summed E-state index contributed by atoms with van der Waals surface area (Å²) in [5.74, 6) is -0.925. The number of benzene rings is 2. The van der Waals surface area contributed by atoms with Gasteiger partial charge in [0.15, 0.2) is 0 Å². The first-order chi connectivity index (χ1) is 16.4. The van der Waals surface area contributed by atoms with E-state index in [4.69, 9.17) is 4.74 Å². The molecule has 2 N–H and O–H groups in total. The molecule has 8 heteroatoms. The number of nitrogens with one attached hydrogen (secondary N) is 1. The highest BCUT2D eigenvalue weighted by Gasteiger charge is 2.34. The minimum Gasteiger partial charge on any atom is -0.480 e. The fourth-order valence-corrected chi connectivity index (χ4v) is 5.72. The summed E-state index contributed by atoms with van der Waals surface area (Å²) in [6.45, 7) is 4.91. The summed E-state index contributed by atoms with van der Waals surface area (Å²) in [5.41, 5.74) is 4.61. The third-order valence-electron chi connectivity index (χ3n) is 6.59. The average Bonchev–Trinajstić information content (AvgIpc) is 3.16. The Morgan fingerprint density at radius 2 is 1.71 bits per heavy atom. The molecule has 2 aliphatic rings. The van der Waals surface area contributed by atoms with E-state index < -0.39 is 23.2 Å². The van der Waals surface area contributed by atoms with Gasteiger partial charge in [-0.25, -0.2) is 4.79 Å². The Balaban J connectivity index is 1.35. The van der Waals surface area contributed by atoms with Gasteiger partial charge >= 0.3 is 12.1 Å². The lowest BCUT2D eigenvalue weighted by atomic mass is 9.94. The fraction of sp³-hybridized carbons (Fsp3) is 0.423. The Kier molecular flexibility index (Phi) is 7.46. The first kappa shape index (κ1) is 24.1. The molecule has 0 aromatic heterocycles. The minimum atomic E-state index is -0.902. The van der Waals surface area contributed by atoms with Crippen molar-refractivity contribution in [3.05, 3.63) is 59.7 Å². The number of carbonyl (C=O) groups is 3. The number of alkyl carbamates (subject to hydrolysis) is 1. The number of hydrogen-bond donors (Lipinski definition) is 2. The van der Waals surface area contributed by atoms with E-state index in [1.54, 1.807) is 4.90 Å². The number of carboxylic acids is 1. The Morgan fingerprint density at radius 1 is 1.09 bits per heavy atom. The molecule has 2 unspecified atom stereocenters. The van der Waals surface area contributed by atoms with Gasteiger partial charge in [0.05, 0.1) is 5.92 Å². The normalized spacial score (nSPS) is 18.2. The van der Waals surface area contributed by atoms with Crippen molar-refractivity contribution in [1.29, 1.82) is 0 Å². The summed E-state index contributed by atoms with van der Waals surface area (Å²) >= 11 is 1.36. The molecule has 1 fully saturated rings. The number of carbonyl (C=O) groups excluding carboxylic acids is 2. The van der Waals surface area contributed by atoms with E-state index in [1.165, 1.54) is 11.8 Å². The number of amides is 2. The van der Waals surface area contributed by atoms with Crippen LogP contribution in [-0.4, -0.2) is 65.2 Å². The highest BCUT2D eigenvalue weighted by atomic mass is 32.2. The van der Waals surface area contributed by atoms with E-state index in [-0.39, 0.29) is 37.4 Å². The van der Waals surface area contributed by atoms with Crippen LogP contribution in [0.5, 0.6) is 0 Å². The minimum absolute atomic E-state index is 0.0146. The smallest absolute Gasteiger partial charge is 0.407 e. The molecule has 180 valence electrons. The maximum atomic E-state index is 13.1. The number of ether oxygens (including phenoxy) is 1. The van der Waals surface area contributed by atoms with Crippen LogP contribution in [0.2, 0.25) is 0 Å². The maximum Gasteiger partial charge on any atom is 0.407 e. The quantitative estimate of drug-likeness (QED) is 0.623. The lowest BCUT2D eigenvalue weighted by Crippen LogP contribution is -2.50. The topological polar surface area (TPSA) is 95.9 Å². The standard InChI is InChI=1S/C26H30N2O5S/c1-16(2)21(24(29)28-11-12-34-23(14-28)25(30)31)13-27-26(32)33-15-22-19-9-5-3-7-17(19)18-8-4-6-10-20(18)22/h3-10,16,21-23H,11-15H2,1-2H3,(H,27,32)(H,30,31). The van der Waals surface area contributed by atoms with Gasteiger partial charge in [-0.1, -0.05) is 62.4 Å². The molecule has 1 saturated heterocycles. The first-order valence-electron chi connectivity index (χ1n) is 11.6. The molecule has 1 aliphatic carbocycles. The van der Waals surface area contributed by atoms with Crippen molar-refractivity contribution in [1.82, 2.24) is 10.2 Å². The molecule has 2 aromatic rings. The third kappa shape index (κ3) is 5.06. The van der Waals surface area contributed by atoms with Crippen LogP contribution in [0.3, 0.4) is 0 Å². The molecule has 2 atom stereocenters. The van der Waals surface area contributed by atoms with Gasteiger partial charge in [0, 0.05) is 31.3 Å². The van der Waals surface area contributed by atoms with Crippen molar-refractivity contribution in [2.45, 2.75) is 25.0 Å². The largest absolute Gasteiger partial charge is 0.480 e. The van der Waals surface area contributed by atoms with Crippen molar-refractivity contribution < 1.29 is 24.2 Å². The number of rotatable bonds is 7. The molecular formula is C26H30N2O5S. The number of carboxylic acid groups (broad SMARTS) is 1. The van der Waals surface area contributed by atoms with E-state index in [0.717, 1.165) is 22.3 Å². The summed E-state index contributed by atoms with van der Waals surface area (Å²) in [5, 5.41) is 11.5. The zero-order valence-electron chi connectivity index (χ0n) is 19.4. The number of thioether (sulfide) groups is 1. The zero-order valence-corrected chi connectivity index (χ0v) is 20.2. The molecular weight excluding hydrogens is 452 g/mol. The monoisotopic (exact) mass is 482 g/mol. The van der Waals surface area contributed by atoms with Gasteiger partial charge in [0.1, 0.15) is 11.9 Å². The van der Waals surface area contributed by atoms with E-state index in [0.29, 0.717) is 12.3 Å². The van der Waals surface area contributed by atoms with Crippen LogP contribution in [0.15, 0.2) is 48.5 Å². The zero-order chi connectivity index (χ0) is 24.2. The maximum absolute atomic E-state index is 13.1. The molecule has 0 radical (unpaired) electrons. The third-order valence-corrected chi connectivity index (χ3v) is 7.76. The molecule has 7 nitrogen and oxygen atoms in total. The van der Waals surface area contributed by atoms with Crippen molar-refractivity contribution in [2.75, 3.05) is 32.0 Å². The van der Waals surface area contributed by atoms with Gasteiger partial charge in [0.25, 0.3) is 0 Å². The summed E-state index contributed by atoms with van der Waals surface area (Å²) in [7, 11) is 0. The second-order valence-corrected chi connectivity index (χ2v) is 10.3. The van der Waals surface area contributed by atoms with Crippen molar-refractivity contribution >= 4 is 29.7 Å². The Hall–Kier alpha value is -3.00. The van der Waals surface area contributed by atoms with Crippen LogP contribution < -0.4 is 5.32 Å². The number of hydrogen-bond acceptors (Lipinski definition) is 5. The molecule has 0 spiro atoms. The predicted molar refractivity (Wildman–Crippen MR) is 132 cm³/mol. The summed E-state index contributed by atoms with van der Waals surface area (Å²) in [6.07, 6.45) is -0.557. The number of fused-ring (bicyclic) bond motifs is 3. The molecule has 2 aromatic carbocycles. The second-order valence-electron chi connectivity index (χ2n) is 9.04. The van der Waals surface area contributed by atoms with E-state index in [2.05, 4.69) is 29.6 Å². The highest BCUT2D eigenvalue weighted by Crippen LogP contribution is 2.44. The fourth-order valence-electron chi connectivity index (χ4n) is 4.68. The average molecular weight is 483 g/mol. The first-order valence-corrected chi connectivity index (χ1v) is 12.6. The van der Waals surface area contributed by atoms with Crippen LogP contribution in [0.4, 0.5) is 4.79 Å². The highest BCUT2D eigenvalue weighted by molar-refractivity contribution is 8.00. The molecule has 34 heavy (non-hydrogen) atoms. The van der Waals surface area contributed by atoms with Gasteiger partial charge < -0.3 is 20.1 Å². The van der Waals surface area contributed by atoms with Gasteiger partial charge in [-0.05, 0) is 28.2 Å². The molecule has 0 bridgehead atoms. The van der Waals surface area contributed by atoms with Gasteiger partial charge in [-0.3, -0.25) is 9.59 Å². The van der Waals surface area contributed by atoms with Crippen LogP contribution >= 0.6 is 11.8 Å². The van der Waals surface area contributed by atoms with E-state index in [9.17, 15) is 19.5 Å². The van der Waals surface area contributed by atoms with Crippen LogP contribution in [0.25, 0.3) is 11.1 Å². The second kappa shape index (κ2) is 10.5. The summed E-state index contributed by atoms with van der Waals surface area (Å²) in [6, 6.07) is 16.3. The number of aliphatic carboxylic acids is 1. The van der Waals surface area contributed by atoms with Gasteiger partial charge in [0.2, 0.25) is 5.91 Å². The Bertz CT molecular complexity index is 1030. The Labute approximate surface area is 203 Å². The van der Waals surface area contributed by atoms with Crippen LogP contribution in [0, 0.1) is 11.8 Å². The van der Waals surface area contributed by atoms with Crippen molar-refractivity contribution in [3.8, 4) is 11.1 Å².